The van der Waals surface area contributed by atoms with Crippen LogP contribution in [0.4, 0.5) is 0 Å². The second kappa shape index (κ2) is 4.78. The van der Waals surface area contributed by atoms with Crippen LogP contribution in [0.2, 0.25) is 0 Å². The fourth-order valence-electron chi connectivity index (χ4n) is 2.26. The Morgan fingerprint density at radius 1 is 1.31 bits per heavy atom. The normalized spacial score (nSPS) is 17.6. The third kappa shape index (κ3) is 2.50. The van der Waals surface area contributed by atoms with Gasteiger partial charge < -0.3 is 10.3 Å². The molecule has 1 aromatic heterocycles. The summed E-state index contributed by atoms with van der Waals surface area (Å²) < 4.78 is 0. The van der Waals surface area contributed by atoms with E-state index in [1.165, 1.54) is 12.8 Å². The fourth-order valence-corrected chi connectivity index (χ4v) is 2.26. The number of H-pyrrole nitrogens is 1. The molecule has 0 aliphatic carbocycles. The van der Waals surface area contributed by atoms with Gasteiger partial charge in [-0.1, -0.05) is 0 Å². The number of nitrogens with one attached hydrogen (secondary N) is 2. The van der Waals surface area contributed by atoms with E-state index in [2.05, 4.69) is 15.3 Å². The van der Waals surface area contributed by atoms with Gasteiger partial charge in [0.1, 0.15) is 0 Å². The molecule has 1 aliphatic heterocycles. The van der Waals surface area contributed by atoms with E-state index in [0.29, 0.717) is 5.92 Å². The predicted molar refractivity (Wildman–Crippen MR) is 63.6 cm³/mol. The quantitative estimate of drug-likeness (QED) is 0.781. The van der Waals surface area contributed by atoms with Crippen molar-refractivity contribution in [3.63, 3.8) is 0 Å². The molecule has 4 nitrogen and oxygen atoms in total. The molecule has 1 aromatic rings. The van der Waals surface area contributed by atoms with E-state index in [-0.39, 0.29) is 5.69 Å². The molecule has 0 unspecified atom stereocenters. The molecule has 0 bridgehead atoms. The van der Waals surface area contributed by atoms with E-state index >= 15 is 0 Å². The van der Waals surface area contributed by atoms with Crippen molar-refractivity contribution in [2.24, 2.45) is 5.92 Å². The van der Waals surface area contributed by atoms with Crippen LogP contribution in [0, 0.1) is 19.8 Å². The topological polar surface area (TPSA) is 57.8 Å². The Morgan fingerprint density at radius 2 is 2.00 bits per heavy atom. The fraction of sp³-hybridized carbons (Fsp3) is 0.667. The van der Waals surface area contributed by atoms with Gasteiger partial charge in [-0.25, -0.2) is 4.79 Å². The Labute approximate surface area is 95.5 Å². The molecule has 2 N–H and O–H groups in total. The summed E-state index contributed by atoms with van der Waals surface area (Å²) in [5.74, 6) is 0.675. The summed E-state index contributed by atoms with van der Waals surface area (Å²) in [6, 6.07) is 0. The van der Waals surface area contributed by atoms with Gasteiger partial charge in [-0.15, -0.1) is 0 Å². The van der Waals surface area contributed by atoms with Gasteiger partial charge in [0.2, 0.25) is 0 Å². The molecule has 2 rings (SSSR count). The largest absolute Gasteiger partial charge is 0.345 e. The summed E-state index contributed by atoms with van der Waals surface area (Å²) in [5.41, 5.74) is 2.85. The SMILES string of the molecule is Cc1[nH]c(=O)nc(CC2CCNCC2)c1C. The van der Waals surface area contributed by atoms with Crippen LogP contribution < -0.4 is 11.0 Å². The first kappa shape index (κ1) is 11.3. The van der Waals surface area contributed by atoms with Crippen LogP contribution in [0.25, 0.3) is 0 Å². The average Bonchev–Trinajstić information content (AvgIpc) is 2.27. The molecule has 88 valence electrons. The molecule has 4 heteroatoms. The Bertz CT molecular complexity index is 419. The monoisotopic (exact) mass is 221 g/mol. The number of hydrogen-bond acceptors (Lipinski definition) is 3. The van der Waals surface area contributed by atoms with Gasteiger partial charge in [0, 0.05) is 5.69 Å². The molecule has 0 radical (unpaired) electrons. The molecule has 0 aromatic carbocycles. The van der Waals surface area contributed by atoms with Gasteiger partial charge in [-0.3, -0.25) is 0 Å². The lowest BCUT2D eigenvalue weighted by atomic mass is 9.91. The standard InChI is InChI=1S/C12H19N3O/c1-8-9(2)14-12(16)15-11(8)7-10-3-5-13-6-4-10/h10,13H,3-7H2,1-2H3,(H,14,15,16). The number of hydrogen-bond donors (Lipinski definition) is 2. The molecule has 1 saturated heterocycles. The maximum atomic E-state index is 11.3. The molecule has 2 heterocycles. The maximum Gasteiger partial charge on any atom is 0.345 e. The third-order valence-electron chi connectivity index (χ3n) is 3.47. The van der Waals surface area contributed by atoms with Crippen LogP contribution in [-0.4, -0.2) is 23.1 Å². The summed E-state index contributed by atoms with van der Waals surface area (Å²) in [4.78, 5) is 18.2. The van der Waals surface area contributed by atoms with Gasteiger partial charge >= 0.3 is 5.69 Å². The molecule has 0 saturated carbocycles. The van der Waals surface area contributed by atoms with E-state index in [9.17, 15) is 4.79 Å². The number of aromatic amines is 1. The van der Waals surface area contributed by atoms with Crippen LogP contribution in [0.1, 0.15) is 29.8 Å². The van der Waals surface area contributed by atoms with Crippen molar-refractivity contribution in [3.05, 3.63) is 27.4 Å². The average molecular weight is 221 g/mol. The first-order valence-electron chi connectivity index (χ1n) is 5.94. The predicted octanol–water partition coefficient (Wildman–Crippen LogP) is 0.929. The zero-order valence-electron chi connectivity index (χ0n) is 9.97. The summed E-state index contributed by atoms with van der Waals surface area (Å²) >= 11 is 0. The van der Waals surface area contributed by atoms with Crippen LogP contribution in [0.15, 0.2) is 4.79 Å². The molecule has 0 spiro atoms. The third-order valence-corrected chi connectivity index (χ3v) is 3.47. The van der Waals surface area contributed by atoms with Crippen molar-refractivity contribution < 1.29 is 0 Å². The molecule has 0 atom stereocenters. The minimum Gasteiger partial charge on any atom is -0.317 e. The van der Waals surface area contributed by atoms with E-state index in [0.717, 1.165) is 36.5 Å². The second-order valence-electron chi connectivity index (χ2n) is 4.64. The van der Waals surface area contributed by atoms with E-state index in [1.807, 2.05) is 13.8 Å². The lowest BCUT2D eigenvalue weighted by Crippen LogP contribution is -2.29. The van der Waals surface area contributed by atoms with Gasteiger partial charge in [0.15, 0.2) is 0 Å². The van der Waals surface area contributed by atoms with Gasteiger partial charge in [-0.2, -0.15) is 4.98 Å². The minimum atomic E-state index is -0.216. The van der Waals surface area contributed by atoms with Crippen molar-refractivity contribution in [2.75, 3.05) is 13.1 Å². The first-order chi connectivity index (χ1) is 7.66. The number of rotatable bonds is 2. The number of nitrogens with zero attached hydrogens (tertiary/aromatic N) is 1. The van der Waals surface area contributed by atoms with E-state index in [4.69, 9.17) is 0 Å². The number of piperidine rings is 1. The molecule has 16 heavy (non-hydrogen) atoms. The zero-order chi connectivity index (χ0) is 11.5. The number of aromatic nitrogens is 2. The van der Waals surface area contributed by atoms with Crippen molar-refractivity contribution in [1.82, 2.24) is 15.3 Å². The summed E-state index contributed by atoms with van der Waals surface area (Å²) in [7, 11) is 0. The minimum absolute atomic E-state index is 0.216. The number of aryl methyl sites for hydroxylation is 1. The van der Waals surface area contributed by atoms with Gasteiger partial charge in [0.05, 0.1) is 5.69 Å². The Balaban J connectivity index is 2.16. The Kier molecular flexibility index (Phi) is 3.39. The lowest BCUT2D eigenvalue weighted by molar-refractivity contribution is 0.369. The molecular weight excluding hydrogens is 202 g/mol. The highest BCUT2D eigenvalue weighted by atomic mass is 16.1. The van der Waals surface area contributed by atoms with Crippen molar-refractivity contribution >= 4 is 0 Å². The maximum absolute atomic E-state index is 11.3. The zero-order valence-corrected chi connectivity index (χ0v) is 9.97. The van der Waals surface area contributed by atoms with Crippen LogP contribution in [0.5, 0.6) is 0 Å². The van der Waals surface area contributed by atoms with Crippen molar-refractivity contribution in [1.29, 1.82) is 0 Å². The van der Waals surface area contributed by atoms with Crippen molar-refractivity contribution in [3.8, 4) is 0 Å². The van der Waals surface area contributed by atoms with Crippen LogP contribution in [0.3, 0.4) is 0 Å². The van der Waals surface area contributed by atoms with Gasteiger partial charge in [0.25, 0.3) is 0 Å². The van der Waals surface area contributed by atoms with Crippen molar-refractivity contribution in [2.45, 2.75) is 33.1 Å². The van der Waals surface area contributed by atoms with Crippen LogP contribution in [-0.2, 0) is 6.42 Å². The van der Waals surface area contributed by atoms with Gasteiger partial charge in [-0.05, 0) is 57.7 Å². The summed E-state index contributed by atoms with van der Waals surface area (Å²) in [6.07, 6.45) is 3.32. The summed E-state index contributed by atoms with van der Waals surface area (Å²) in [6.45, 7) is 6.15. The first-order valence-corrected chi connectivity index (χ1v) is 5.94. The highest BCUT2D eigenvalue weighted by Gasteiger charge is 2.16. The van der Waals surface area contributed by atoms with E-state index in [1.54, 1.807) is 0 Å². The Morgan fingerprint density at radius 3 is 2.69 bits per heavy atom. The van der Waals surface area contributed by atoms with E-state index < -0.39 is 0 Å². The summed E-state index contributed by atoms with van der Waals surface area (Å²) in [5, 5.41) is 3.35. The Hall–Kier alpha value is -1.16. The molecule has 0 amide bonds. The molecule has 1 fully saturated rings. The second-order valence-corrected chi connectivity index (χ2v) is 4.64. The highest BCUT2D eigenvalue weighted by Crippen LogP contribution is 2.18. The molecule has 1 aliphatic rings. The van der Waals surface area contributed by atoms with Crippen LogP contribution >= 0.6 is 0 Å². The smallest absolute Gasteiger partial charge is 0.317 e. The lowest BCUT2D eigenvalue weighted by Gasteiger charge is -2.22. The highest BCUT2D eigenvalue weighted by molar-refractivity contribution is 5.22. The molecular formula is C12H19N3O.